The Bertz CT molecular complexity index is 1350. The number of thioether (sulfide) groups is 1. The molecular formula is C28H27N3O6S. The molecule has 9 nitrogen and oxygen atoms in total. The number of rotatable bonds is 9. The summed E-state index contributed by atoms with van der Waals surface area (Å²) in [6.45, 7) is 1.75. The zero-order valence-electron chi connectivity index (χ0n) is 20.8. The first-order valence-electron chi connectivity index (χ1n) is 11.9. The van der Waals surface area contributed by atoms with Gasteiger partial charge in [-0.2, -0.15) is 5.26 Å². The van der Waals surface area contributed by atoms with Crippen molar-refractivity contribution in [3.8, 4) is 11.8 Å². The summed E-state index contributed by atoms with van der Waals surface area (Å²) in [5.41, 5.74) is -0.863. The van der Waals surface area contributed by atoms with Crippen molar-refractivity contribution in [1.29, 1.82) is 5.26 Å². The van der Waals surface area contributed by atoms with Crippen LogP contribution in [0.2, 0.25) is 0 Å². The zero-order chi connectivity index (χ0) is 27.1. The molecule has 2 heterocycles. The van der Waals surface area contributed by atoms with Crippen LogP contribution in [0.1, 0.15) is 24.2 Å². The Balaban J connectivity index is 1.72. The van der Waals surface area contributed by atoms with Gasteiger partial charge in [0, 0.05) is 17.3 Å². The number of benzene rings is 2. The Hall–Kier alpha value is -4.20. The van der Waals surface area contributed by atoms with Crippen LogP contribution in [-0.2, 0) is 20.1 Å². The number of carbonyl (C=O) groups is 2. The van der Waals surface area contributed by atoms with Crippen molar-refractivity contribution in [2.45, 2.75) is 18.6 Å². The van der Waals surface area contributed by atoms with Crippen LogP contribution in [0.25, 0.3) is 0 Å². The lowest BCUT2D eigenvalue weighted by Gasteiger charge is -2.44. The number of aliphatic hydroxyl groups is 1. The number of nitrogens with zero attached hydrogens (tertiary/aromatic N) is 1. The van der Waals surface area contributed by atoms with Crippen LogP contribution in [0.15, 0.2) is 88.0 Å². The van der Waals surface area contributed by atoms with Crippen LogP contribution in [0.3, 0.4) is 0 Å². The molecule has 0 unspecified atom stereocenters. The van der Waals surface area contributed by atoms with Crippen LogP contribution in [0.4, 0.5) is 5.69 Å². The Kier molecular flexibility index (Phi) is 8.41. The van der Waals surface area contributed by atoms with Crippen molar-refractivity contribution < 1.29 is 28.6 Å². The summed E-state index contributed by atoms with van der Waals surface area (Å²) >= 11 is 1.04. The summed E-state index contributed by atoms with van der Waals surface area (Å²) in [7, 11) is 1.54. The highest BCUT2D eigenvalue weighted by atomic mass is 32.2. The molecule has 1 amide bonds. The predicted octanol–water partition coefficient (Wildman–Crippen LogP) is 4.11. The van der Waals surface area contributed by atoms with E-state index in [1.165, 1.54) is 13.4 Å². The minimum Gasteiger partial charge on any atom is -0.497 e. The quantitative estimate of drug-likeness (QED) is 0.348. The van der Waals surface area contributed by atoms with Gasteiger partial charge in [0.05, 0.1) is 48.3 Å². The van der Waals surface area contributed by atoms with Crippen molar-refractivity contribution in [1.82, 2.24) is 5.32 Å². The lowest BCUT2D eigenvalue weighted by molar-refractivity contribution is -0.164. The second-order valence-electron chi connectivity index (χ2n) is 8.40. The van der Waals surface area contributed by atoms with Crippen LogP contribution in [-0.4, -0.2) is 36.5 Å². The van der Waals surface area contributed by atoms with Crippen molar-refractivity contribution in [2.75, 3.05) is 24.8 Å². The maximum Gasteiger partial charge on any atom is 0.315 e. The van der Waals surface area contributed by atoms with Gasteiger partial charge in [-0.25, -0.2) is 0 Å². The number of anilines is 1. The molecule has 0 spiro atoms. The Morgan fingerprint density at radius 2 is 1.97 bits per heavy atom. The fraction of sp³-hybridized carbons (Fsp3) is 0.250. The van der Waals surface area contributed by atoms with Gasteiger partial charge in [-0.15, -0.1) is 0 Å². The number of allylic oxidation sites excluding steroid dienone is 1. The molecule has 3 N–H and O–H groups in total. The third-order valence-electron chi connectivity index (χ3n) is 6.07. The van der Waals surface area contributed by atoms with E-state index >= 15 is 0 Å². The topological polar surface area (TPSA) is 134 Å². The first-order chi connectivity index (χ1) is 18.4. The third kappa shape index (κ3) is 5.54. The molecule has 0 radical (unpaired) electrons. The van der Waals surface area contributed by atoms with Gasteiger partial charge in [0.25, 0.3) is 0 Å². The highest BCUT2D eigenvalue weighted by Gasteiger charge is 2.55. The fourth-order valence-corrected chi connectivity index (χ4v) is 5.30. The number of nitrogens with one attached hydrogen (secondary N) is 2. The number of methoxy groups -OCH3 is 1. The maximum absolute atomic E-state index is 13.3. The highest BCUT2D eigenvalue weighted by Crippen LogP contribution is 2.49. The summed E-state index contributed by atoms with van der Waals surface area (Å²) in [5.74, 6) is -2.41. The van der Waals surface area contributed by atoms with Crippen LogP contribution in [0.5, 0.6) is 5.75 Å². The van der Waals surface area contributed by atoms with Gasteiger partial charge in [0.1, 0.15) is 17.4 Å². The second-order valence-corrected chi connectivity index (χ2v) is 9.39. The van der Waals surface area contributed by atoms with Crippen LogP contribution < -0.4 is 15.4 Å². The summed E-state index contributed by atoms with van der Waals surface area (Å²) < 4.78 is 16.2. The summed E-state index contributed by atoms with van der Waals surface area (Å²) in [4.78, 5) is 26.1. The molecule has 38 heavy (non-hydrogen) atoms. The minimum absolute atomic E-state index is 0.0788. The third-order valence-corrected chi connectivity index (χ3v) is 7.09. The number of nitriles is 1. The summed E-state index contributed by atoms with van der Waals surface area (Å²) in [5, 5.41) is 28.3. The van der Waals surface area contributed by atoms with E-state index in [1.54, 1.807) is 73.7 Å². The molecule has 1 aliphatic heterocycles. The molecule has 1 aliphatic rings. The maximum atomic E-state index is 13.3. The number of amides is 1. The Morgan fingerprint density at radius 1 is 1.18 bits per heavy atom. The normalized spacial score (nSPS) is 20.7. The number of hydrogen-bond acceptors (Lipinski definition) is 9. The molecule has 2 aromatic carbocycles. The standard InChI is InChI=1S/C28H27N3O6S/c1-3-36-27(33)25-24(22-13-8-14-37-22)21(16-29)26(31-28(25,34)18-9-5-4-6-10-18)38-17-23(32)30-19-11-7-12-20(15-19)35-2/h4-15,24-25,31,34H,3,17H2,1-2H3,(H,30,32)/t24-,25+,28+/m0/s1. The van der Waals surface area contributed by atoms with E-state index in [0.717, 1.165) is 11.8 Å². The molecular weight excluding hydrogens is 506 g/mol. The van der Waals surface area contributed by atoms with Gasteiger partial charge in [0.15, 0.2) is 5.72 Å². The first-order valence-corrected chi connectivity index (χ1v) is 12.9. The molecule has 0 aliphatic carbocycles. The first kappa shape index (κ1) is 26.9. The Morgan fingerprint density at radius 3 is 2.63 bits per heavy atom. The van der Waals surface area contributed by atoms with E-state index in [-0.39, 0.29) is 28.9 Å². The van der Waals surface area contributed by atoms with Gasteiger partial charge in [-0.1, -0.05) is 48.2 Å². The van der Waals surface area contributed by atoms with Crippen molar-refractivity contribution in [3.63, 3.8) is 0 Å². The van der Waals surface area contributed by atoms with Crippen molar-refractivity contribution >= 4 is 29.3 Å². The van der Waals surface area contributed by atoms with E-state index in [9.17, 15) is 20.0 Å². The van der Waals surface area contributed by atoms with E-state index < -0.39 is 23.5 Å². The minimum atomic E-state index is -1.96. The number of carbonyl (C=O) groups excluding carboxylic acids is 2. The van der Waals surface area contributed by atoms with Crippen molar-refractivity contribution in [2.24, 2.45) is 5.92 Å². The number of esters is 1. The van der Waals surface area contributed by atoms with Gasteiger partial charge < -0.3 is 29.6 Å². The van der Waals surface area contributed by atoms with Crippen LogP contribution in [0, 0.1) is 17.2 Å². The van der Waals surface area contributed by atoms with E-state index in [1.807, 2.05) is 0 Å². The van der Waals surface area contributed by atoms with Gasteiger partial charge in [-0.05, 0) is 31.2 Å². The van der Waals surface area contributed by atoms with E-state index in [0.29, 0.717) is 22.8 Å². The van der Waals surface area contributed by atoms with Gasteiger partial charge in [0.2, 0.25) is 5.91 Å². The monoisotopic (exact) mass is 533 g/mol. The average Bonchev–Trinajstić information content (AvgIpc) is 3.47. The molecule has 10 heteroatoms. The molecule has 196 valence electrons. The van der Waals surface area contributed by atoms with Gasteiger partial charge in [-0.3, -0.25) is 9.59 Å². The number of hydrogen-bond donors (Lipinski definition) is 3. The Labute approximate surface area is 224 Å². The summed E-state index contributed by atoms with van der Waals surface area (Å²) in [6.07, 6.45) is 1.44. The van der Waals surface area contributed by atoms with Crippen LogP contribution >= 0.6 is 11.8 Å². The smallest absolute Gasteiger partial charge is 0.315 e. The zero-order valence-corrected chi connectivity index (χ0v) is 21.7. The lowest BCUT2D eigenvalue weighted by atomic mass is 9.73. The predicted molar refractivity (Wildman–Crippen MR) is 142 cm³/mol. The molecule has 0 saturated carbocycles. The molecule has 0 bridgehead atoms. The SMILES string of the molecule is CCOC(=O)[C@H]1[C@H](c2ccco2)C(C#N)=C(SCC(=O)Nc2cccc(OC)c2)N[C@@]1(O)c1ccccc1. The van der Waals surface area contributed by atoms with Gasteiger partial charge >= 0.3 is 5.97 Å². The molecule has 4 rings (SSSR count). The number of furan rings is 1. The molecule has 3 atom stereocenters. The molecule has 0 saturated heterocycles. The van der Waals surface area contributed by atoms with Crippen molar-refractivity contribution in [3.05, 3.63) is 94.9 Å². The molecule has 3 aromatic rings. The lowest BCUT2D eigenvalue weighted by Crippen LogP contribution is -2.56. The largest absolute Gasteiger partial charge is 0.497 e. The number of ether oxygens (including phenoxy) is 2. The molecule has 1 aromatic heterocycles. The summed E-state index contributed by atoms with van der Waals surface area (Å²) in [6, 6.07) is 21.0. The van der Waals surface area contributed by atoms with E-state index in [2.05, 4.69) is 16.7 Å². The second kappa shape index (κ2) is 11.9. The average molecular weight is 534 g/mol. The van der Waals surface area contributed by atoms with E-state index in [4.69, 9.17) is 13.9 Å². The highest BCUT2D eigenvalue weighted by molar-refractivity contribution is 8.03. The fourth-order valence-electron chi connectivity index (χ4n) is 4.39. The molecule has 0 fully saturated rings.